The van der Waals surface area contributed by atoms with Crippen LogP contribution in [0, 0.1) is 6.92 Å². The van der Waals surface area contributed by atoms with Gasteiger partial charge >= 0.3 is 5.97 Å². The molecule has 1 heterocycles. The van der Waals surface area contributed by atoms with Gasteiger partial charge in [0.05, 0.1) is 17.6 Å². The van der Waals surface area contributed by atoms with Gasteiger partial charge in [-0.3, -0.25) is 14.5 Å². The highest BCUT2D eigenvalue weighted by Crippen LogP contribution is 2.25. The highest BCUT2D eigenvalue weighted by Gasteiger charge is 2.34. The number of carbonyl (C=O) groups excluding carboxylic acids is 1. The number of fused-ring (bicyclic) bond motifs is 1. The number of carboxylic acid groups (broad SMARTS) is 1. The van der Waals surface area contributed by atoms with Crippen molar-refractivity contribution >= 4 is 22.9 Å². The monoisotopic (exact) mass is 358 g/mol. The zero-order valence-corrected chi connectivity index (χ0v) is 15.3. The molecule has 1 saturated carbocycles. The molecule has 1 aliphatic rings. The largest absolute Gasteiger partial charge is 0.480 e. The summed E-state index contributed by atoms with van der Waals surface area (Å²) in [5, 5.41) is 12.0. The number of nitrogens with zero attached hydrogens (tertiary/aromatic N) is 2. The molecule has 26 heavy (non-hydrogen) atoms. The summed E-state index contributed by atoms with van der Waals surface area (Å²) in [6.07, 6.45) is 2.61. The molecule has 3 rings (SSSR count). The Morgan fingerprint density at radius 2 is 2.15 bits per heavy atom. The second-order valence-corrected chi connectivity index (χ2v) is 7.00. The molecule has 0 spiro atoms. The quantitative estimate of drug-likeness (QED) is 0.669. The molecule has 7 heteroatoms. The fraction of sp³-hybridized carbons (Fsp3) is 0.526. The van der Waals surface area contributed by atoms with Crippen molar-refractivity contribution in [2.45, 2.75) is 51.6 Å². The van der Waals surface area contributed by atoms with Crippen molar-refractivity contribution in [3.05, 3.63) is 29.6 Å². The minimum Gasteiger partial charge on any atom is -0.480 e. The molecule has 1 amide bonds. The van der Waals surface area contributed by atoms with E-state index in [2.05, 4.69) is 15.3 Å². The zero-order chi connectivity index (χ0) is 18.7. The summed E-state index contributed by atoms with van der Waals surface area (Å²) in [7, 11) is 0. The van der Waals surface area contributed by atoms with Crippen molar-refractivity contribution in [3.8, 4) is 0 Å². The smallest absolute Gasteiger partial charge is 0.317 e. The Labute approximate surface area is 152 Å². The molecule has 0 aliphatic heterocycles. The lowest BCUT2D eigenvalue weighted by atomic mass is 9.85. The van der Waals surface area contributed by atoms with Crippen molar-refractivity contribution in [3.63, 3.8) is 0 Å². The molecule has 0 saturated heterocycles. The van der Waals surface area contributed by atoms with Gasteiger partial charge in [-0.25, -0.2) is 4.98 Å². The average Bonchev–Trinajstić information content (AvgIpc) is 2.98. The number of carbonyl (C=O) groups is 2. The summed E-state index contributed by atoms with van der Waals surface area (Å²) in [5.41, 5.74) is 3.08. The number of amides is 1. The number of hydrogen-bond donors (Lipinski definition) is 3. The van der Waals surface area contributed by atoms with Gasteiger partial charge in [-0.2, -0.15) is 0 Å². The first-order valence-electron chi connectivity index (χ1n) is 9.15. The van der Waals surface area contributed by atoms with E-state index in [1.807, 2.05) is 36.9 Å². The molecular formula is C19H26N4O3. The zero-order valence-electron chi connectivity index (χ0n) is 15.3. The standard InChI is InChI=1S/C19H26N4O3/c1-3-23(11-18(25)26)14-9-13(10-14)20-17(24)8-7-16-21-15-6-4-5-12(2)19(15)22-16/h4-6,13-14H,3,7-11H2,1-2H3,(H,20,24)(H,21,22)(H,25,26). The average molecular weight is 358 g/mol. The van der Waals surface area contributed by atoms with E-state index < -0.39 is 5.97 Å². The summed E-state index contributed by atoms with van der Waals surface area (Å²) in [6.45, 7) is 4.76. The molecule has 0 unspecified atom stereocenters. The van der Waals surface area contributed by atoms with Crippen molar-refractivity contribution in [2.24, 2.45) is 0 Å². The second-order valence-electron chi connectivity index (χ2n) is 7.00. The van der Waals surface area contributed by atoms with E-state index in [1.54, 1.807) is 0 Å². The maximum Gasteiger partial charge on any atom is 0.317 e. The SMILES string of the molecule is CCN(CC(=O)O)C1CC(NC(=O)CCc2nc3c(C)cccc3[nH]2)C1. The van der Waals surface area contributed by atoms with E-state index in [1.165, 1.54) is 0 Å². The number of aromatic nitrogens is 2. The molecule has 0 radical (unpaired) electrons. The number of likely N-dealkylation sites (N-methyl/N-ethyl adjacent to an activating group) is 1. The van der Waals surface area contributed by atoms with Crippen LogP contribution >= 0.6 is 0 Å². The first kappa shape index (κ1) is 18.4. The van der Waals surface area contributed by atoms with Gasteiger partial charge in [-0.15, -0.1) is 0 Å². The predicted octanol–water partition coefficient (Wildman–Crippen LogP) is 1.86. The van der Waals surface area contributed by atoms with Gasteiger partial charge in [0, 0.05) is 24.9 Å². The molecular weight excluding hydrogens is 332 g/mol. The van der Waals surface area contributed by atoms with Crippen LogP contribution in [-0.4, -0.2) is 57.0 Å². The van der Waals surface area contributed by atoms with Crippen LogP contribution in [-0.2, 0) is 16.0 Å². The lowest BCUT2D eigenvalue weighted by molar-refractivity contribution is -0.139. The van der Waals surface area contributed by atoms with Gasteiger partial charge in [0.25, 0.3) is 0 Å². The Kier molecular flexibility index (Phi) is 5.56. The van der Waals surface area contributed by atoms with Crippen LogP contribution in [0.15, 0.2) is 18.2 Å². The summed E-state index contributed by atoms with van der Waals surface area (Å²) in [4.78, 5) is 32.8. The van der Waals surface area contributed by atoms with Gasteiger partial charge in [-0.05, 0) is 37.9 Å². The number of nitrogens with one attached hydrogen (secondary N) is 2. The second kappa shape index (κ2) is 7.86. The van der Waals surface area contributed by atoms with Crippen LogP contribution in [0.4, 0.5) is 0 Å². The molecule has 1 fully saturated rings. The number of carboxylic acids is 1. The van der Waals surface area contributed by atoms with Crippen LogP contribution in [0.1, 0.15) is 37.6 Å². The molecule has 1 aliphatic carbocycles. The third kappa shape index (κ3) is 4.22. The number of hydrogen-bond acceptors (Lipinski definition) is 4. The molecule has 140 valence electrons. The molecule has 1 aromatic carbocycles. The third-order valence-corrected chi connectivity index (χ3v) is 5.09. The van der Waals surface area contributed by atoms with E-state index in [-0.39, 0.29) is 24.5 Å². The van der Waals surface area contributed by atoms with Crippen molar-refractivity contribution < 1.29 is 14.7 Å². The van der Waals surface area contributed by atoms with E-state index in [0.29, 0.717) is 19.4 Å². The van der Waals surface area contributed by atoms with Crippen LogP contribution in [0.5, 0.6) is 0 Å². The number of benzene rings is 1. The lowest BCUT2D eigenvalue weighted by Crippen LogP contribution is -2.54. The van der Waals surface area contributed by atoms with E-state index in [0.717, 1.165) is 35.3 Å². The van der Waals surface area contributed by atoms with Gasteiger partial charge < -0.3 is 15.4 Å². The highest BCUT2D eigenvalue weighted by atomic mass is 16.4. The fourth-order valence-corrected chi connectivity index (χ4v) is 3.55. The lowest BCUT2D eigenvalue weighted by Gasteiger charge is -2.42. The Hall–Kier alpha value is -2.41. The first-order chi connectivity index (χ1) is 12.5. The fourth-order valence-electron chi connectivity index (χ4n) is 3.55. The van der Waals surface area contributed by atoms with Gasteiger partial charge in [0.15, 0.2) is 0 Å². The molecule has 0 bridgehead atoms. The third-order valence-electron chi connectivity index (χ3n) is 5.09. The molecule has 1 aromatic heterocycles. The van der Waals surface area contributed by atoms with Crippen LogP contribution < -0.4 is 5.32 Å². The minimum atomic E-state index is -0.805. The predicted molar refractivity (Wildman–Crippen MR) is 99.0 cm³/mol. The number of rotatable bonds is 8. The molecule has 7 nitrogen and oxygen atoms in total. The molecule has 3 N–H and O–H groups in total. The van der Waals surface area contributed by atoms with Gasteiger partial charge in [-0.1, -0.05) is 19.1 Å². The van der Waals surface area contributed by atoms with Crippen molar-refractivity contribution in [1.82, 2.24) is 20.2 Å². The van der Waals surface area contributed by atoms with Crippen LogP contribution in [0.2, 0.25) is 0 Å². The highest BCUT2D eigenvalue weighted by molar-refractivity contribution is 5.79. The Morgan fingerprint density at radius 3 is 2.81 bits per heavy atom. The Morgan fingerprint density at radius 1 is 1.38 bits per heavy atom. The van der Waals surface area contributed by atoms with Crippen LogP contribution in [0.25, 0.3) is 11.0 Å². The number of aromatic amines is 1. The molecule has 0 atom stereocenters. The number of aryl methyl sites for hydroxylation is 2. The van der Waals surface area contributed by atoms with E-state index >= 15 is 0 Å². The van der Waals surface area contributed by atoms with E-state index in [4.69, 9.17) is 5.11 Å². The van der Waals surface area contributed by atoms with Crippen molar-refractivity contribution in [2.75, 3.05) is 13.1 Å². The van der Waals surface area contributed by atoms with Crippen molar-refractivity contribution in [1.29, 1.82) is 0 Å². The normalized spacial score (nSPS) is 19.5. The number of para-hydroxylation sites is 1. The maximum absolute atomic E-state index is 12.2. The number of aliphatic carboxylic acids is 1. The maximum atomic E-state index is 12.2. The minimum absolute atomic E-state index is 0.0203. The first-order valence-corrected chi connectivity index (χ1v) is 9.15. The van der Waals surface area contributed by atoms with E-state index in [9.17, 15) is 9.59 Å². The number of H-pyrrole nitrogens is 1. The van der Waals surface area contributed by atoms with Gasteiger partial charge in [0.2, 0.25) is 5.91 Å². The summed E-state index contributed by atoms with van der Waals surface area (Å²) < 4.78 is 0. The Balaban J connectivity index is 1.43. The summed E-state index contributed by atoms with van der Waals surface area (Å²) in [5.74, 6) is 0.0434. The van der Waals surface area contributed by atoms with Gasteiger partial charge in [0.1, 0.15) is 5.82 Å². The summed E-state index contributed by atoms with van der Waals surface area (Å²) in [6, 6.07) is 6.40. The molecule has 2 aromatic rings. The van der Waals surface area contributed by atoms with Crippen LogP contribution in [0.3, 0.4) is 0 Å². The number of imidazole rings is 1. The summed E-state index contributed by atoms with van der Waals surface area (Å²) >= 11 is 0. The topological polar surface area (TPSA) is 98.3 Å². The Bertz CT molecular complexity index is 795.